The Morgan fingerprint density at radius 2 is 1.76 bits per heavy atom. The number of rotatable bonds is 8. The Morgan fingerprint density at radius 3 is 2.37 bits per heavy atom. The normalized spacial score (nSPS) is 17.2. The first-order valence-corrected chi connectivity index (χ1v) is 13.6. The summed E-state index contributed by atoms with van der Waals surface area (Å²) in [6.45, 7) is 5.70. The van der Waals surface area contributed by atoms with Crippen LogP contribution in [-0.4, -0.2) is 36.4 Å². The maximum absolute atomic E-state index is 12.5. The van der Waals surface area contributed by atoms with Gasteiger partial charge in [0.15, 0.2) is 10.8 Å². The zero-order valence-corrected chi connectivity index (χ0v) is 24.5. The average molecular weight is 597 g/mol. The molecule has 1 unspecified atom stereocenters. The van der Waals surface area contributed by atoms with Crippen molar-refractivity contribution in [2.45, 2.75) is 32.4 Å². The smallest absolute Gasteiger partial charge is 0.360 e. The van der Waals surface area contributed by atoms with Gasteiger partial charge in [0.1, 0.15) is 12.4 Å². The maximum atomic E-state index is 12.5. The number of ketones is 1. The van der Waals surface area contributed by atoms with E-state index in [1.807, 2.05) is 36.4 Å². The van der Waals surface area contributed by atoms with Gasteiger partial charge in [-0.05, 0) is 62.7 Å². The number of allylic oxidation sites excluding steroid dienone is 1. The Hall–Kier alpha value is -4.05. The Morgan fingerprint density at radius 1 is 1.05 bits per heavy atom. The van der Waals surface area contributed by atoms with E-state index in [1.54, 1.807) is 62.3 Å². The molecule has 3 aromatic carbocycles. The predicted octanol–water partition coefficient (Wildman–Crippen LogP) is 6.07. The van der Waals surface area contributed by atoms with E-state index in [0.717, 1.165) is 11.3 Å². The fourth-order valence-electron chi connectivity index (χ4n) is 4.43. The van der Waals surface area contributed by atoms with E-state index in [0.29, 0.717) is 46.4 Å². The Labute approximate surface area is 248 Å². The molecule has 3 aromatic rings. The molecule has 2 aliphatic heterocycles. The molecule has 0 saturated carbocycles. The summed E-state index contributed by atoms with van der Waals surface area (Å²) in [5.74, 6) is -0.104. The van der Waals surface area contributed by atoms with Gasteiger partial charge in [0, 0.05) is 17.6 Å². The topological polar surface area (TPSA) is 110 Å². The SMILES string of the molecule is CCOC(=O)c1cccc(N2NC2=O)c1.CNN1c2ccc(Cl)cc2C(C(C)=O)=C(OCc2ccccc2)C1(C)Cl. The lowest BCUT2D eigenvalue weighted by Crippen LogP contribution is -2.53. The lowest BCUT2D eigenvalue weighted by molar-refractivity contribution is -0.112. The predicted molar refractivity (Wildman–Crippen MR) is 159 cm³/mol. The van der Waals surface area contributed by atoms with Crippen LogP contribution in [0.3, 0.4) is 0 Å². The lowest BCUT2D eigenvalue weighted by atomic mass is 9.92. The van der Waals surface area contributed by atoms with E-state index in [9.17, 15) is 14.4 Å². The van der Waals surface area contributed by atoms with Crippen LogP contribution in [0.25, 0.3) is 5.57 Å². The van der Waals surface area contributed by atoms with Crippen molar-refractivity contribution < 1.29 is 23.9 Å². The number of esters is 1. The fourth-order valence-corrected chi connectivity index (χ4v) is 4.93. The number of carbonyl (C=O) groups is 3. The van der Waals surface area contributed by atoms with Crippen molar-refractivity contribution in [2.24, 2.45) is 0 Å². The number of anilines is 2. The number of hydrogen-bond acceptors (Lipinski definition) is 7. The molecular formula is C30H30Cl2N4O5. The van der Waals surface area contributed by atoms with Crippen molar-refractivity contribution in [2.75, 3.05) is 23.7 Å². The summed E-state index contributed by atoms with van der Waals surface area (Å²) in [5, 5.41) is 3.66. The summed E-state index contributed by atoms with van der Waals surface area (Å²) >= 11 is 13.1. The van der Waals surface area contributed by atoms with Gasteiger partial charge in [-0.2, -0.15) is 5.01 Å². The standard InChI is InChI=1S/C20H20Cl2N2O2.C10H10N2O3/c1-13(25)18-16-11-15(21)9-10-17(16)24(23-3)20(2,22)19(18)26-12-14-7-5-4-6-8-14;1-2-15-9(13)7-4-3-5-8(6-7)12-10(14)11-12/h4-11,23H,12H2,1-3H3;3-6H,2H2,1H3,(H,11,14). The first-order chi connectivity index (χ1) is 19.6. The molecule has 2 amide bonds. The van der Waals surface area contributed by atoms with Crippen LogP contribution in [-0.2, 0) is 20.9 Å². The van der Waals surface area contributed by atoms with Gasteiger partial charge in [0.2, 0.25) is 0 Å². The highest BCUT2D eigenvalue weighted by atomic mass is 35.5. The molecule has 1 fully saturated rings. The van der Waals surface area contributed by atoms with Crippen molar-refractivity contribution in [1.29, 1.82) is 0 Å². The number of amides is 2. The molecule has 9 nitrogen and oxygen atoms in total. The summed E-state index contributed by atoms with van der Waals surface area (Å²) in [7, 11) is 1.77. The molecule has 2 N–H and O–H groups in total. The number of hydrazine groups is 2. The average Bonchev–Trinajstić information content (AvgIpc) is 3.69. The van der Waals surface area contributed by atoms with Gasteiger partial charge >= 0.3 is 12.0 Å². The molecule has 2 heterocycles. The van der Waals surface area contributed by atoms with Gasteiger partial charge in [-0.1, -0.05) is 59.6 Å². The summed E-state index contributed by atoms with van der Waals surface area (Å²) < 4.78 is 10.9. The minimum absolute atomic E-state index is 0.126. The third-order valence-electron chi connectivity index (χ3n) is 6.31. The van der Waals surface area contributed by atoms with Crippen molar-refractivity contribution in [1.82, 2.24) is 10.9 Å². The molecule has 5 rings (SSSR count). The van der Waals surface area contributed by atoms with Gasteiger partial charge in [0.05, 0.1) is 29.1 Å². The number of Topliss-reactive ketones (excluding diaryl/α,β-unsaturated/α-hetero) is 1. The molecule has 1 saturated heterocycles. The first kappa shape index (κ1) is 29.9. The number of alkyl halides is 1. The minimum Gasteiger partial charge on any atom is -0.489 e. The number of carbonyl (C=O) groups excluding carboxylic acids is 3. The Bertz CT molecular complexity index is 1490. The highest BCUT2D eigenvalue weighted by molar-refractivity contribution is 6.34. The van der Waals surface area contributed by atoms with Crippen molar-refractivity contribution in [3.63, 3.8) is 0 Å². The first-order valence-electron chi connectivity index (χ1n) is 12.8. The number of fused-ring (bicyclic) bond motifs is 1. The van der Waals surface area contributed by atoms with Crippen LogP contribution in [0.15, 0.2) is 78.6 Å². The second kappa shape index (κ2) is 12.6. The summed E-state index contributed by atoms with van der Waals surface area (Å²) in [6, 6.07) is 21.6. The van der Waals surface area contributed by atoms with E-state index < -0.39 is 5.00 Å². The second-order valence-corrected chi connectivity index (χ2v) is 10.4. The zero-order valence-electron chi connectivity index (χ0n) is 23.0. The van der Waals surface area contributed by atoms with Crippen molar-refractivity contribution >= 4 is 57.9 Å². The van der Waals surface area contributed by atoms with E-state index in [1.165, 1.54) is 11.9 Å². The zero-order chi connectivity index (χ0) is 29.7. The quantitative estimate of drug-likeness (QED) is 0.140. The molecule has 0 aromatic heterocycles. The molecular weight excluding hydrogens is 567 g/mol. The Balaban J connectivity index is 0.000000218. The van der Waals surface area contributed by atoms with Gasteiger partial charge in [0.25, 0.3) is 0 Å². The largest absolute Gasteiger partial charge is 0.489 e. The molecule has 1 atom stereocenters. The van der Waals surface area contributed by atoms with E-state index >= 15 is 0 Å². The molecule has 0 radical (unpaired) electrons. The van der Waals surface area contributed by atoms with Gasteiger partial charge in [-0.25, -0.2) is 20.4 Å². The van der Waals surface area contributed by atoms with Gasteiger partial charge in [-0.15, -0.1) is 0 Å². The van der Waals surface area contributed by atoms with Crippen LogP contribution in [0.2, 0.25) is 5.02 Å². The summed E-state index contributed by atoms with van der Waals surface area (Å²) in [5.41, 5.74) is 9.56. The number of urea groups is 1. The molecule has 0 aliphatic carbocycles. The van der Waals surface area contributed by atoms with Gasteiger partial charge < -0.3 is 9.47 Å². The molecule has 214 valence electrons. The van der Waals surface area contributed by atoms with Crippen LogP contribution in [0.4, 0.5) is 16.2 Å². The van der Waals surface area contributed by atoms with Crippen molar-refractivity contribution in [3.8, 4) is 0 Å². The number of hydrogen-bond donors (Lipinski definition) is 2. The number of nitrogens with zero attached hydrogens (tertiary/aromatic N) is 2. The highest BCUT2D eigenvalue weighted by Gasteiger charge is 2.44. The minimum atomic E-state index is -1.08. The fraction of sp³-hybridized carbons (Fsp3) is 0.233. The van der Waals surface area contributed by atoms with Crippen LogP contribution in [0.1, 0.15) is 42.3 Å². The van der Waals surface area contributed by atoms with Gasteiger partial charge in [-0.3, -0.25) is 9.80 Å². The highest BCUT2D eigenvalue weighted by Crippen LogP contribution is 2.46. The van der Waals surface area contributed by atoms with Crippen molar-refractivity contribution in [3.05, 3.63) is 100 Å². The number of nitrogens with one attached hydrogen (secondary N) is 2. The Kier molecular flexibility index (Phi) is 9.22. The lowest BCUT2D eigenvalue weighted by Gasteiger charge is -2.43. The molecule has 41 heavy (non-hydrogen) atoms. The maximum Gasteiger partial charge on any atom is 0.360 e. The van der Waals surface area contributed by atoms with Crippen LogP contribution in [0, 0.1) is 0 Å². The third kappa shape index (κ3) is 6.65. The van der Waals surface area contributed by atoms with E-state index in [2.05, 4.69) is 10.9 Å². The van der Waals surface area contributed by atoms with Crippen LogP contribution < -0.4 is 20.9 Å². The number of benzene rings is 3. The van der Waals surface area contributed by atoms with E-state index in [4.69, 9.17) is 32.7 Å². The van der Waals surface area contributed by atoms with E-state index in [-0.39, 0.29) is 17.8 Å². The molecule has 2 aliphatic rings. The monoisotopic (exact) mass is 596 g/mol. The summed E-state index contributed by atoms with van der Waals surface area (Å²) in [4.78, 5) is 33.6. The molecule has 0 bridgehead atoms. The molecule has 0 spiro atoms. The number of halogens is 2. The molecule has 11 heteroatoms. The summed E-state index contributed by atoms with van der Waals surface area (Å²) in [6.07, 6.45) is 0. The number of ether oxygens (including phenoxy) is 2. The van der Waals surface area contributed by atoms with Crippen LogP contribution in [0.5, 0.6) is 0 Å². The third-order valence-corrected chi connectivity index (χ3v) is 6.88. The van der Waals surface area contributed by atoms with Crippen LogP contribution >= 0.6 is 23.2 Å². The second-order valence-electron chi connectivity index (χ2n) is 9.23.